The second kappa shape index (κ2) is 7.39. The van der Waals surface area contributed by atoms with Gasteiger partial charge < -0.3 is 14.6 Å². The summed E-state index contributed by atoms with van der Waals surface area (Å²) in [6, 6.07) is 19.1. The number of benzene rings is 2. The quantitative estimate of drug-likeness (QED) is 0.897. The molecular weight excluding hydrogens is 326 g/mol. The first-order valence-electron chi connectivity index (χ1n) is 9.38. The van der Waals surface area contributed by atoms with E-state index in [0.29, 0.717) is 19.6 Å². The van der Waals surface area contributed by atoms with Crippen LogP contribution in [0.15, 0.2) is 54.6 Å². The lowest BCUT2D eigenvalue weighted by Crippen LogP contribution is -2.61. The molecule has 2 aromatic rings. The molecule has 0 aliphatic carbocycles. The topological polar surface area (TPSA) is 41.9 Å². The monoisotopic (exact) mass is 353 g/mol. The van der Waals surface area contributed by atoms with Gasteiger partial charge in [-0.3, -0.25) is 4.90 Å². The molecule has 2 aliphatic rings. The number of piperidine rings is 1. The van der Waals surface area contributed by atoms with Crippen LogP contribution in [0.4, 0.5) is 0 Å². The molecule has 2 bridgehead atoms. The Hall–Kier alpha value is -1.88. The van der Waals surface area contributed by atoms with Crippen LogP contribution in [0.3, 0.4) is 0 Å². The highest BCUT2D eigenvalue weighted by Gasteiger charge is 2.45. The Labute approximate surface area is 155 Å². The third-order valence-electron chi connectivity index (χ3n) is 5.66. The summed E-state index contributed by atoms with van der Waals surface area (Å²) >= 11 is 0. The summed E-state index contributed by atoms with van der Waals surface area (Å²) in [6.45, 7) is 2.32. The highest BCUT2D eigenvalue weighted by molar-refractivity contribution is 5.29. The average molecular weight is 353 g/mol. The fourth-order valence-corrected chi connectivity index (χ4v) is 4.50. The van der Waals surface area contributed by atoms with Gasteiger partial charge in [0.25, 0.3) is 0 Å². The van der Waals surface area contributed by atoms with Gasteiger partial charge in [-0.2, -0.15) is 0 Å². The van der Waals surface area contributed by atoms with Gasteiger partial charge in [-0.15, -0.1) is 0 Å². The third kappa shape index (κ3) is 3.78. The maximum Gasteiger partial charge on any atom is 0.119 e. The fourth-order valence-electron chi connectivity index (χ4n) is 4.50. The smallest absolute Gasteiger partial charge is 0.119 e. The van der Waals surface area contributed by atoms with Gasteiger partial charge in [0, 0.05) is 25.0 Å². The second-order valence-electron chi connectivity index (χ2n) is 7.66. The molecule has 2 heterocycles. The van der Waals surface area contributed by atoms with Crippen molar-refractivity contribution in [1.82, 2.24) is 4.90 Å². The Morgan fingerprint density at radius 2 is 1.73 bits per heavy atom. The van der Waals surface area contributed by atoms with E-state index >= 15 is 0 Å². The maximum absolute atomic E-state index is 11.4. The Balaban J connectivity index is 1.49. The minimum atomic E-state index is -0.682. The molecule has 2 unspecified atom stereocenters. The van der Waals surface area contributed by atoms with E-state index in [2.05, 4.69) is 41.3 Å². The molecule has 4 nitrogen and oxygen atoms in total. The SMILES string of the molecule is COc1cccc(CC2(O)CC3COCC(C2)N3Cc2ccccc2)c1. The van der Waals surface area contributed by atoms with E-state index < -0.39 is 5.60 Å². The normalized spacial score (nSPS) is 28.7. The number of hydrogen-bond acceptors (Lipinski definition) is 4. The number of rotatable bonds is 5. The zero-order valence-corrected chi connectivity index (χ0v) is 15.3. The maximum atomic E-state index is 11.4. The summed E-state index contributed by atoms with van der Waals surface area (Å²) in [5.41, 5.74) is 1.77. The zero-order chi connectivity index (χ0) is 18.0. The summed E-state index contributed by atoms with van der Waals surface area (Å²) in [5.74, 6) is 0.844. The summed E-state index contributed by atoms with van der Waals surface area (Å²) in [5, 5.41) is 11.4. The molecular formula is C22H27NO3. The zero-order valence-electron chi connectivity index (χ0n) is 15.3. The lowest BCUT2D eigenvalue weighted by atomic mass is 9.77. The fraction of sp³-hybridized carbons (Fsp3) is 0.455. The van der Waals surface area contributed by atoms with Crippen molar-refractivity contribution in [2.24, 2.45) is 0 Å². The summed E-state index contributed by atoms with van der Waals surface area (Å²) < 4.78 is 11.1. The van der Waals surface area contributed by atoms with Crippen LogP contribution in [-0.2, 0) is 17.7 Å². The van der Waals surface area contributed by atoms with E-state index in [-0.39, 0.29) is 12.1 Å². The molecule has 4 rings (SSSR count). The van der Waals surface area contributed by atoms with Crippen molar-refractivity contribution >= 4 is 0 Å². The van der Waals surface area contributed by atoms with E-state index in [1.54, 1.807) is 7.11 Å². The molecule has 2 aromatic carbocycles. The van der Waals surface area contributed by atoms with Gasteiger partial charge in [0.15, 0.2) is 0 Å². The van der Waals surface area contributed by atoms with Crippen LogP contribution >= 0.6 is 0 Å². The summed E-state index contributed by atoms with van der Waals surface area (Å²) in [7, 11) is 1.68. The molecule has 0 spiro atoms. The van der Waals surface area contributed by atoms with E-state index in [1.165, 1.54) is 5.56 Å². The number of fused-ring (bicyclic) bond motifs is 2. The number of nitrogens with zero attached hydrogens (tertiary/aromatic N) is 1. The lowest BCUT2D eigenvalue weighted by molar-refractivity contribution is -0.145. The molecule has 0 radical (unpaired) electrons. The minimum Gasteiger partial charge on any atom is -0.497 e. The number of ether oxygens (including phenoxy) is 2. The van der Waals surface area contributed by atoms with Crippen molar-refractivity contribution < 1.29 is 14.6 Å². The number of aliphatic hydroxyl groups is 1. The molecule has 138 valence electrons. The van der Waals surface area contributed by atoms with E-state index in [9.17, 15) is 5.11 Å². The lowest BCUT2D eigenvalue weighted by Gasteiger charge is -2.52. The van der Waals surface area contributed by atoms with Crippen LogP contribution in [0.5, 0.6) is 5.75 Å². The van der Waals surface area contributed by atoms with Gasteiger partial charge in [-0.1, -0.05) is 42.5 Å². The van der Waals surface area contributed by atoms with Crippen molar-refractivity contribution in [3.63, 3.8) is 0 Å². The van der Waals surface area contributed by atoms with Crippen LogP contribution in [-0.4, -0.2) is 48.0 Å². The van der Waals surface area contributed by atoms with Gasteiger partial charge in [0.1, 0.15) is 5.75 Å². The first-order chi connectivity index (χ1) is 12.6. The van der Waals surface area contributed by atoms with Crippen molar-refractivity contribution in [3.05, 3.63) is 65.7 Å². The molecule has 4 heteroatoms. The van der Waals surface area contributed by atoms with Gasteiger partial charge in [-0.05, 0) is 36.1 Å². The van der Waals surface area contributed by atoms with Crippen LogP contribution in [0.1, 0.15) is 24.0 Å². The predicted molar refractivity (Wildman–Crippen MR) is 101 cm³/mol. The van der Waals surface area contributed by atoms with Crippen molar-refractivity contribution in [1.29, 1.82) is 0 Å². The van der Waals surface area contributed by atoms with E-state index in [1.807, 2.05) is 18.2 Å². The molecule has 0 aromatic heterocycles. The molecule has 2 atom stereocenters. The average Bonchev–Trinajstić information content (AvgIpc) is 2.64. The Kier molecular flexibility index (Phi) is 4.98. The molecule has 0 saturated carbocycles. The number of hydrogen-bond donors (Lipinski definition) is 1. The van der Waals surface area contributed by atoms with Gasteiger partial charge >= 0.3 is 0 Å². The Bertz CT molecular complexity index is 719. The first-order valence-corrected chi connectivity index (χ1v) is 9.38. The molecule has 2 aliphatic heterocycles. The van der Waals surface area contributed by atoms with Gasteiger partial charge in [-0.25, -0.2) is 0 Å². The number of morpholine rings is 1. The highest BCUT2D eigenvalue weighted by atomic mass is 16.5. The molecule has 2 saturated heterocycles. The van der Waals surface area contributed by atoms with Crippen molar-refractivity contribution in [2.75, 3.05) is 20.3 Å². The van der Waals surface area contributed by atoms with Crippen LogP contribution < -0.4 is 4.74 Å². The molecule has 1 N–H and O–H groups in total. The van der Waals surface area contributed by atoms with Crippen molar-refractivity contribution in [3.8, 4) is 5.75 Å². The number of methoxy groups -OCH3 is 1. The largest absolute Gasteiger partial charge is 0.497 e. The standard InChI is InChI=1S/C22H27NO3/c1-25-21-9-5-8-18(10-21)11-22(24)12-19-15-26-16-20(13-22)23(19)14-17-6-3-2-4-7-17/h2-10,19-20,24H,11-16H2,1H3. The predicted octanol–water partition coefficient (Wildman–Crippen LogP) is 3.03. The molecule has 2 fully saturated rings. The summed E-state index contributed by atoms with van der Waals surface area (Å²) in [6.07, 6.45) is 2.15. The minimum absolute atomic E-state index is 0.262. The summed E-state index contributed by atoms with van der Waals surface area (Å²) in [4.78, 5) is 2.53. The van der Waals surface area contributed by atoms with E-state index in [4.69, 9.17) is 9.47 Å². The Morgan fingerprint density at radius 1 is 1.04 bits per heavy atom. The van der Waals surface area contributed by atoms with Gasteiger partial charge in [0.2, 0.25) is 0 Å². The second-order valence-corrected chi connectivity index (χ2v) is 7.66. The first kappa shape index (κ1) is 17.5. The third-order valence-corrected chi connectivity index (χ3v) is 5.66. The Morgan fingerprint density at radius 3 is 2.42 bits per heavy atom. The van der Waals surface area contributed by atoms with Crippen LogP contribution in [0.2, 0.25) is 0 Å². The van der Waals surface area contributed by atoms with Crippen LogP contribution in [0, 0.1) is 0 Å². The van der Waals surface area contributed by atoms with E-state index in [0.717, 1.165) is 30.7 Å². The molecule has 26 heavy (non-hydrogen) atoms. The van der Waals surface area contributed by atoms with Gasteiger partial charge in [0.05, 0.1) is 25.9 Å². The van der Waals surface area contributed by atoms with Crippen molar-refractivity contribution in [2.45, 2.75) is 43.5 Å². The highest BCUT2D eigenvalue weighted by Crippen LogP contribution is 2.37. The molecule has 0 amide bonds. The van der Waals surface area contributed by atoms with Crippen LogP contribution in [0.25, 0.3) is 0 Å².